The summed E-state index contributed by atoms with van der Waals surface area (Å²) >= 11 is 0. The van der Waals surface area contributed by atoms with Crippen LogP contribution in [0.5, 0.6) is 17.4 Å². The zero-order valence-corrected chi connectivity index (χ0v) is 15.8. The Morgan fingerprint density at radius 3 is 2.53 bits per heavy atom. The van der Waals surface area contributed by atoms with Crippen LogP contribution in [-0.4, -0.2) is 32.8 Å². The number of nitrogens with one attached hydrogen (secondary N) is 1. The third-order valence-electron chi connectivity index (χ3n) is 4.14. The van der Waals surface area contributed by atoms with Crippen LogP contribution in [0.3, 0.4) is 0 Å². The van der Waals surface area contributed by atoms with Gasteiger partial charge in [-0.1, -0.05) is 0 Å². The maximum Gasteiger partial charge on any atom is 0.255 e. The SMILES string of the molecule is COc1ccc(C(=O)Nc2ccc(Oc3ccc(-n4ccnc4)nn3)cc2)cc1F. The molecule has 0 saturated carbocycles. The molecule has 30 heavy (non-hydrogen) atoms. The number of methoxy groups -OCH3 is 1. The van der Waals surface area contributed by atoms with Crippen LogP contribution in [-0.2, 0) is 0 Å². The molecular formula is C21H16FN5O3. The number of rotatable bonds is 6. The molecule has 4 rings (SSSR count). The van der Waals surface area contributed by atoms with Gasteiger partial charge in [-0.15, -0.1) is 10.2 Å². The van der Waals surface area contributed by atoms with E-state index in [4.69, 9.17) is 9.47 Å². The van der Waals surface area contributed by atoms with Crippen LogP contribution in [0, 0.1) is 5.82 Å². The Balaban J connectivity index is 1.39. The van der Waals surface area contributed by atoms with E-state index < -0.39 is 11.7 Å². The zero-order valence-electron chi connectivity index (χ0n) is 15.8. The fraction of sp³-hybridized carbons (Fsp3) is 0.0476. The second-order valence-electron chi connectivity index (χ2n) is 6.13. The van der Waals surface area contributed by atoms with Crippen molar-refractivity contribution in [3.05, 3.63) is 84.7 Å². The van der Waals surface area contributed by atoms with Gasteiger partial charge in [-0.05, 0) is 48.5 Å². The van der Waals surface area contributed by atoms with E-state index in [2.05, 4.69) is 20.5 Å². The number of imidazole rings is 1. The lowest BCUT2D eigenvalue weighted by molar-refractivity contribution is 0.102. The van der Waals surface area contributed by atoms with E-state index in [1.54, 1.807) is 59.7 Å². The molecule has 0 atom stereocenters. The Morgan fingerprint density at radius 2 is 1.90 bits per heavy atom. The number of hydrogen-bond acceptors (Lipinski definition) is 6. The largest absolute Gasteiger partial charge is 0.494 e. The lowest BCUT2D eigenvalue weighted by atomic mass is 10.2. The first-order chi connectivity index (χ1) is 14.6. The van der Waals surface area contributed by atoms with Gasteiger partial charge in [0.2, 0.25) is 5.88 Å². The summed E-state index contributed by atoms with van der Waals surface area (Å²) in [5.74, 6) is 0.500. The van der Waals surface area contributed by atoms with Gasteiger partial charge in [0.15, 0.2) is 17.4 Å². The number of anilines is 1. The molecule has 1 N–H and O–H groups in total. The van der Waals surface area contributed by atoms with E-state index in [9.17, 15) is 9.18 Å². The summed E-state index contributed by atoms with van der Waals surface area (Å²) in [7, 11) is 1.36. The fourth-order valence-electron chi connectivity index (χ4n) is 2.64. The van der Waals surface area contributed by atoms with Gasteiger partial charge in [0, 0.05) is 29.7 Å². The maximum absolute atomic E-state index is 13.8. The number of ether oxygens (including phenoxy) is 2. The Hall–Kier alpha value is -4.27. The van der Waals surface area contributed by atoms with E-state index in [1.165, 1.54) is 19.2 Å². The van der Waals surface area contributed by atoms with Crippen LogP contribution in [0.1, 0.15) is 10.4 Å². The van der Waals surface area contributed by atoms with Crippen LogP contribution in [0.25, 0.3) is 5.82 Å². The molecule has 1 amide bonds. The molecular weight excluding hydrogens is 389 g/mol. The molecule has 2 aromatic heterocycles. The number of halogens is 1. The normalized spacial score (nSPS) is 10.5. The molecule has 0 spiro atoms. The predicted molar refractivity (Wildman–Crippen MR) is 107 cm³/mol. The average molecular weight is 405 g/mol. The first kappa shape index (κ1) is 19.1. The molecule has 8 nitrogen and oxygen atoms in total. The predicted octanol–water partition coefficient (Wildman–Crippen LogP) is 3.85. The molecule has 4 aromatic rings. The van der Waals surface area contributed by atoms with Gasteiger partial charge < -0.3 is 14.8 Å². The average Bonchev–Trinajstić information content (AvgIpc) is 3.30. The molecule has 2 heterocycles. The van der Waals surface area contributed by atoms with Crippen molar-refractivity contribution in [1.29, 1.82) is 0 Å². The highest BCUT2D eigenvalue weighted by molar-refractivity contribution is 6.04. The molecule has 0 fully saturated rings. The van der Waals surface area contributed by atoms with Crippen LogP contribution in [0.15, 0.2) is 73.3 Å². The minimum absolute atomic E-state index is 0.0780. The Morgan fingerprint density at radius 1 is 1.07 bits per heavy atom. The molecule has 150 valence electrons. The number of amides is 1. The standard InChI is InChI=1S/C21H16FN5O3/c1-29-18-7-2-14(12-17(18)22)21(28)24-15-3-5-16(6-4-15)30-20-9-8-19(25-26-20)27-11-10-23-13-27/h2-13H,1H3,(H,24,28). The van der Waals surface area contributed by atoms with Crippen molar-refractivity contribution in [2.75, 3.05) is 12.4 Å². The summed E-state index contributed by atoms with van der Waals surface area (Å²) in [4.78, 5) is 16.3. The van der Waals surface area contributed by atoms with Crippen molar-refractivity contribution < 1.29 is 18.7 Å². The summed E-state index contributed by atoms with van der Waals surface area (Å²) in [5, 5.41) is 10.8. The topological polar surface area (TPSA) is 91.2 Å². The monoisotopic (exact) mass is 405 g/mol. The van der Waals surface area contributed by atoms with Gasteiger partial charge in [-0.2, -0.15) is 0 Å². The second kappa shape index (κ2) is 8.39. The quantitative estimate of drug-likeness (QED) is 0.524. The van der Waals surface area contributed by atoms with Gasteiger partial charge >= 0.3 is 0 Å². The minimum Gasteiger partial charge on any atom is -0.494 e. The van der Waals surface area contributed by atoms with E-state index >= 15 is 0 Å². The van der Waals surface area contributed by atoms with Crippen molar-refractivity contribution in [1.82, 2.24) is 19.7 Å². The summed E-state index contributed by atoms with van der Waals surface area (Å²) in [5.41, 5.74) is 0.715. The fourth-order valence-corrected chi connectivity index (χ4v) is 2.64. The Bertz CT molecular complexity index is 1150. The summed E-state index contributed by atoms with van der Waals surface area (Å²) in [6.45, 7) is 0. The zero-order chi connectivity index (χ0) is 20.9. The van der Waals surface area contributed by atoms with Crippen LogP contribution < -0.4 is 14.8 Å². The number of nitrogens with zero attached hydrogens (tertiary/aromatic N) is 4. The third-order valence-corrected chi connectivity index (χ3v) is 4.14. The number of hydrogen-bond donors (Lipinski definition) is 1. The summed E-state index contributed by atoms with van der Waals surface area (Å²) < 4.78 is 26.0. The van der Waals surface area contributed by atoms with E-state index in [-0.39, 0.29) is 11.3 Å². The van der Waals surface area contributed by atoms with Crippen molar-refractivity contribution in [2.45, 2.75) is 0 Å². The first-order valence-electron chi connectivity index (χ1n) is 8.87. The first-order valence-corrected chi connectivity index (χ1v) is 8.87. The summed E-state index contributed by atoms with van der Waals surface area (Å²) in [6.07, 6.45) is 5.04. The van der Waals surface area contributed by atoms with Gasteiger partial charge in [0.1, 0.15) is 12.1 Å². The van der Waals surface area contributed by atoms with Crippen LogP contribution in [0.2, 0.25) is 0 Å². The minimum atomic E-state index is -0.603. The van der Waals surface area contributed by atoms with Crippen molar-refractivity contribution in [3.8, 4) is 23.2 Å². The van der Waals surface area contributed by atoms with Crippen molar-refractivity contribution in [2.24, 2.45) is 0 Å². The van der Waals surface area contributed by atoms with Gasteiger partial charge in [-0.25, -0.2) is 9.37 Å². The molecule has 0 aliphatic carbocycles. The summed E-state index contributed by atoms with van der Waals surface area (Å²) in [6, 6.07) is 14.1. The van der Waals surface area contributed by atoms with Crippen molar-refractivity contribution in [3.63, 3.8) is 0 Å². The molecule has 2 aromatic carbocycles. The van der Waals surface area contributed by atoms with Crippen LogP contribution in [0.4, 0.5) is 10.1 Å². The second-order valence-corrected chi connectivity index (χ2v) is 6.13. The molecule has 0 aliphatic heterocycles. The highest BCUT2D eigenvalue weighted by Gasteiger charge is 2.11. The van der Waals surface area contributed by atoms with Crippen LogP contribution >= 0.6 is 0 Å². The van der Waals surface area contributed by atoms with E-state index in [1.807, 2.05) is 0 Å². The molecule has 0 unspecified atom stereocenters. The van der Waals surface area contributed by atoms with Gasteiger partial charge in [-0.3, -0.25) is 9.36 Å². The number of aromatic nitrogens is 4. The lowest BCUT2D eigenvalue weighted by Gasteiger charge is -2.09. The molecule has 0 bridgehead atoms. The molecule has 0 aliphatic rings. The number of carbonyl (C=O) groups is 1. The smallest absolute Gasteiger partial charge is 0.255 e. The molecule has 0 saturated heterocycles. The van der Waals surface area contributed by atoms with E-state index in [0.29, 0.717) is 23.1 Å². The molecule has 0 radical (unpaired) electrons. The Kier molecular flexibility index (Phi) is 5.33. The maximum atomic E-state index is 13.8. The van der Waals surface area contributed by atoms with Crippen molar-refractivity contribution >= 4 is 11.6 Å². The molecule has 9 heteroatoms. The van der Waals surface area contributed by atoms with Gasteiger partial charge in [0.25, 0.3) is 5.91 Å². The number of benzene rings is 2. The van der Waals surface area contributed by atoms with E-state index in [0.717, 1.165) is 6.07 Å². The number of carbonyl (C=O) groups excluding carboxylic acids is 1. The lowest BCUT2D eigenvalue weighted by Crippen LogP contribution is -2.12. The third kappa shape index (κ3) is 4.25. The van der Waals surface area contributed by atoms with Gasteiger partial charge in [0.05, 0.1) is 7.11 Å². The Labute approximate surface area is 170 Å². The highest BCUT2D eigenvalue weighted by atomic mass is 19.1. The highest BCUT2D eigenvalue weighted by Crippen LogP contribution is 2.23.